The summed E-state index contributed by atoms with van der Waals surface area (Å²) in [7, 11) is 0. The van der Waals surface area contributed by atoms with Gasteiger partial charge in [0.2, 0.25) is 6.10 Å². The van der Waals surface area contributed by atoms with Gasteiger partial charge in [-0.15, -0.1) is 10.2 Å². The zero-order chi connectivity index (χ0) is 21.4. The highest BCUT2D eigenvalue weighted by Crippen LogP contribution is 2.34. The third-order valence-electron chi connectivity index (χ3n) is 5.69. The van der Waals surface area contributed by atoms with Gasteiger partial charge >= 0.3 is 0 Å². The Balaban J connectivity index is 1.39. The molecule has 2 aromatic carbocycles. The molecule has 7 nitrogen and oxygen atoms in total. The molecule has 2 unspecified atom stereocenters. The minimum absolute atomic E-state index is 0.317. The summed E-state index contributed by atoms with van der Waals surface area (Å²) in [5.41, 5.74) is 0.777. The summed E-state index contributed by atoms with van der Waals surface area (Å²) in [5.74, 6) is 1.73. The molecule has 8 heteroatoms. The number of anilines is 1. The quantitative estimate of drug-likeness (QED) is 0.691. The first-order valence-electron chi connectivity index (χ1n) is 10.6. The summed E-state index contributed by atoms with van der Waals surface area (Å²) in [4.78, 5) is 12.9. The molecule has 160 valence electrons. The largest absolute Gasteiger partial charge is 0.482 e. The van der Waals surface area contributed by atoms with Gasteiger partial charge in [-0.1, -0.05) is 18.6 Å². The van der Waals surface area contributed by atoms with Crippen molar-refractivity contribution in [1.82, 2.24) is 14.8 Å². The number of rotatable bonds is 3. The van der Waals surface area contributed by atoms with Gasteiger partial charge in [0, 0.05) is 18.7 Å². The molecule has 1 N–H and O–H groups in total. The number of amides is 1. The number of halogens is 1. The van der Waals surface area contributed by atoms with E-state index in [1.807, 2.05) is 16.7 Å². The molecule has 3 heterocycles. The first-order valence-corrected chi connectivity index (χ1v) is 10.6. The smallest absolute Gasteiger partial charge is 0.269 e. The van der Waals surface area contributed by atoms with E-state index >= 15 is 0 Å². The molecule has 31 heavy (non-hydrogen) atoms. The van der Waals surface area contributed by atoms with E-state index in [9.17, 15) is 9.18 Å². The number of aryl methyl sites for hydroxylation is 1. The predicted octanol–water partition coefficient (Wildman–Crippen LogP) is 3.98. The Hall–Kier alpha value is -3.42. The molecule has 0 aliphatic carbocycles. The van der Waals surface area contributed by atoms with Gasteiger partial charge in [0.25, 0.3) is 5.91 Å². The molecule has 2 aliphatic rings. The molecule has 5 rings (SSSR count). The number of benzene rings is 2. The van der Waals surface area contributed by atoms with Crippen LogP contribution in [0.2, 0.25) is 0 Å². The fourth-order valence-corrected chi connectivity index (χ4v) is 4.08. The number of nitrogens with zero attached hydrogens (tertiary/aromatic N) is 3. The van der Waals surface area contributed by atoms with Gasteiger partial charge in [0.05, 0.1) is 5.56 Å². The van der Waals surface area contributed by atoms with Crippen LogP contribution in [0.1, 0.15) is 32.0 Å². The third-order valence-corrected chi connectivity index (χ3v) is 5.69. The first-order chi connectivity index (χ1) is 15.1. The van der Waals surface area contributed by atoms with Crippen molar-refractivity contribution >= 4 is 11.6 Å². The molecule has 0 saturated heterocycles. The van der Waals surface area contributed by atoms with Gasteiger partial charge in [0.15, 0.2) is 17.3 Å². The SMILES string of the molecule is CC1Oc2ccccc2OC1C(=O)Nc1ccc(F)c(-c2nnc3n2CCCCC3)c1. The summed E-state index contributed by atoms with van der Waals surface area (Å²) >= 11 is 0. The number of para-hydroxylation sites is 2. The van der Waals surface area contributed by atoms with E-state index in [0.717, 1.165) is 38.1 Å². The van der Waals surface area contributed by atoms with Crippen molar-refractivity contribution in [3.63, 3.8) is 0 Å². The summed E-state index contributed by atoms with van der Waals surface area (Å²) in [6.45, 7) is 2.54. The van der Waals surface area contributed by atoms with Crippen LogP contribution < -0.4 is 14.8 Å². The fourth-order valence-electron chi connectivity index (χ4n) is 4.08. The van der Waals surface area contributed by atoms with Crippen LogP contribution in [0, 0.1) is 5.82 Å². The second-order valence-electron chi connectivity index (χ2n) is 7.89. The molecule has 0 bridgehead atoms. The third kappa shape index (κ3) is 3.73. The maximum Gasteiger partial charge on any atom is 0.269 e. The predicted molar refractivity (Wildman–Crippen MR) is 113 cm³/mol. The molecule has 0 radical (unpaired) electrons. The van der Waals surface area contributed by atoms with Crippen LogP contribution in [0.15, 0.2) is 42.5 Å². The molecule has 0 saturated carbocycles. The lowest BCUT2D eigenvalue weighted by atomic mass is 10.1. The molecule has 2 atom stereocenters. The number of fused-ring (bicyclic) bond motifs is 2. The van der Waals surface area contributed by atoms with Crippen LogP contribution in [-0.4, -0.2) is 32.9 Å². The number of ether oxygens (including phenoxy) is 2. The minimum Gasteiger partial charge on any atom is -0.482 e. The Morgan fingerprint density at radius 3 is 2.74 bits per heavy atom. The van der Waals surface area contributed by atoms with E-state index in [4.69, 9.17) is 9.47 Å². The highest BCUT2D eigenvalue weighted by molar-refractivity contribution is 5.95. The Morgan fingerprint density at radius 1 is 1.10 bits per heavy atom. The van der Waals surface area contributed by atoms with Crippen molar-refractivity contribution in [2.45, 2.75) is 51.4 Å². The van der Waals surface area contributed by atoms with E-state index in [1.165, 1.54) is 12.1 Å². The minimum atomic E-state index is -0.826. The number of nitrogens with one attached hydrogen (secondary N) is 1. The van der Waals surface area contributed by atoms with Crippen LogP contribution in [0.4, 0.5) is 10.1 Å². The van der Waals surface area contributed by atoms with Crippen molar-refractivity contribution < 1.29 is 18.7 Å². The van der Waals surface area contributed by atoms with Gasteiger partial charge in [-0.3, -0.25) is 4.79 Å². The molecule has 0 fully saturated rings. The summed E-state index contributed by atoms with van der Waals surface area (Å²) in [6, 6.07) is 11.7. The number of hydrogen-bond acceptors (Lipinski definition) is 5. The number of carbonyl (C=O) groups excluding carboxylic acids is 1. The van der Waals surface area contributed by atoms with Crippen LogP contribution in [0.25, 0.3) is 11.4 Å². The highest BCUT2D eigenvalue weighted by Gasteiger charge is 2.34. The van der Waals surface area contributed by atoms with Crippen LogP contribution in [0.5, 0.6) is 11.5 Å². The average Bonchev–Trinajstić information content (AvgIpc) is 3.02. The fraction of sp³-hybridized carbons (Fsp3) is 0.348. The topological polar surface area (TPSA) is 78.3 Å². The molecule has 3 aromatic rings. The zero-order valence-electron chi connectivity index (χ0n) is 17.2. The molecule has 0 spiro atoms. The van der Waals surface area contributed by atoms with Gasteiger partial charge in [-0.2, -0.15) is 0 Å². The molecular weight excluding hydrogens is 399 g/mol. The van der Waals surface area contributed by atoms with E-state index < -0.39 is 18.0 Å². The lowest BCUT2D eigenvalue weighted by Gasteiger charge is -2.31. The standard InChI is InChI=1S/C23H23FN4O3/c1-14-21(31-19-8-5-4-7-18(19)30-14)23(29)25-15-10-11-17(24)16(13-15)22-27-26-20-9-3-2-6-12-28(20)22/h4-5,7-8,10-11,13-14,21H,2-3,6,9,12H2,1H3,(H,25,29). The molecular formula is C23H23FN4O3. The van der Waals surface area contributed by atoms with E-state index in [0.29, 0.717) is 28.6 Å². The summed E-state index contributed by atoms with van der Waals surface area (Å²) < 4.78 is 28.3. The van der Waals surface area contributed by atoms with Crippen molar-refractivity contribution in [2.75, 3.05) is 5.32 Å². The Labute approximate surface area is 179 Å². The van der Waals surface area contributed by atoms with Crippen LogP contribution >= 0.6 is 0 Å². The maximum absolute atomic E-state index is 14.7. The number of hydrogen-bond donors (Lipinski definition) is 1. The second kappa shape index (κ2) is 8.02. The summed E-state index contributed by atoms with van der Waals surface area (Å²) in [5, 5.41) is 11.3. The van der Waals surface area contributed by atoms with E-state index in [-0.39, 0.29) is 5.91 Å². The first kappa shape index (κ1) is 19.5. The lowest BCUT2D eigenvalue weighted by molar-refractivity contribution is -0.128. The molecule has 2 aliphatic heterocycles. The Kier molecular flexibility index (Phi) is 5.05. The van der Waals surface area contributed by atoms with Gasteiger partial charge < -0.3 is 19.4 Å². The van der Waals surface area contributed by atoms with Gasteiger partial charge in [-0.05, 0) is 50.1 Å². The van der Waals surface area contributed by atoms with Crippen molar-refractivity contribution in [3.05, 3.63) is 54.1 Å². The van der Waals surface area contributed by atoms with Crippen LogP contribution in [-0.2, 0) is 17.8 Å². The lowest BCUT2D eigenvalue weighted by Crippen LogP contribution is -2.46. The molecule has 1 aromatic heterocycles. The highest BCUT2D eigenvalue weighted by atomic mass is 19.1. The monoisotopic (exact) mass is 422 g/mol. The Morgan fingerprint density at radius 2 is 1.90 bits per heavy atom. The number of aromatic nitrogens is 3. The summed E-state index contributed by atoms with van der Waals surface area (Å²) in [6.07, 6.45) is 2.72. The normalized spacial score (nSPS) is 19.9. The maximum atomic E-state index is 14.7. The average molecular weight is 422 g/mol. The second-order valence-corrected chi connectivity index (χ2v) is 7.89. The zero-order valence-corrected chi connectivity index (χ0v) is 17.2. The van der Waals surface area contributed by atoms with E-state index in [1.54, 1.807) is 25.1 Å². The van der Waals surface area contributed by atoms with Crippen molar-refractivity contribution in [2.24, 2.45) is 0 Å². The molecule has 1 amide bonds. The van der Waals surface area contributed by atoms with E-state index in [2.05, 4.69) is 15.5 Å². The van der Waals surface area contributed by atoms with Gasteiger partial charge in [0.1, 0.15) is 17.7 Å². The van der Waals surface area contributed by atoms with Crippen molar-refractivity contribution in [1.29, 1.82) is 0 Å². The van der Waals surface area contributed by atoms with Crippen molar-refractivity contribution in [3.8, 4) is 22.9 Å². The van der Waals surface area contributed by atoms with Crippen LogP contribution in [0.3, 0.4) is 0 Å². The van der Waals surface area contributed by atoms with Gasteiger partial charge in [-0.25, -0.2) is 4.39 Å². The Bertz CT molecular complexity index is 1130. The number of carbonyl (C=O) groups is 1.